The lowest BCUT2D eigenvalue weighted by molar-refractivity contribution is -0.238. The van der Waals surface area contributed by atoms with E-state index in [-0.39, 0.29) is 5.79 Å². The number of hydrogen-bond donors (Lipinski definition) is 0. The molecule has 0 fully saturated rings. The van der Waals surface area contributed by atoms with Gasteiger partial charge in [0.05, 0.1) is 13.2 Å². The van der Waals surface area contributed by atoms with Gasteiger partial charge in [0.15, 0.2) is 5.79 Å². The van der Waals surface area contributed by atoms with Crippen LogP contribution in [0.15, 0.2) is 0 Å². The van der Waals surface area contributed by atoms with Gasteiger partial charge in [0.1, 0.15) is 0 Å². The Morgan fingerprint density at radius 2 is 1.20 bits per heavy atom. The summed E-state index contributed by atoms with van der Waals surface area (Å²) in [6.07, 6.45) is 8.91. The van der Waals surface area contributed by atoms with Crippen molar-refractivity contribution in [3.8, 4) is 0 Å². The first kappa shape index (κ1) is 19.9. The first-order valence-corrected chi connectivity index (χ1v) is 8.67. The molecule has 0 bridgehead atoms. The standard InChI is InChI=1S/C18H38O2/c1-7-8-9-10-11-12-13-18(6,19-14-16(2)3)20-15-17(4)5/h16-17H,7-15H2,1-6H3. The molecule has 0 saturated carbocycles. The quantitative estimate of drug-likeness (QED) is 0.315. The van der Waals surface area contributed by atoms with E-state index in [1.807, 2.05) is 0 Å². The van der Waals surface area contributed by atoms with Crippen LogP contribution < -0.4 is 0 Å². The lowest BCUT2D eigenvalue weighted by Crippen LogP contribution is -2.35. The minimum atomic E-state index is -0.390. The van der Waals surface area contributed by atoms with Crippen LogP contribution >= 0.6 is 0 Å². The molecule has 0 aliphatic carbocycles. The molecule has 0 aliphatic heterocycles. The van der Waals surface area contributed by atoms with Crippen molar-refractivity contribution < 1.29 is 9.47 Å². The summed E-state index contributed by atoms with van der Waals surface area (Å²) in [6, 6.07) is 0. The molecule has 0 N–H and O–H groups in total. The van der Waals surface area contributed by atoms with Crippen molar-refractivity contribution in [2.45, 2.75) is 92.3 Å². The van der Waals surface area contributed by atoms with Gasteiger partial charge < -0.3 is 9.47 Å². The summed E-state index contributed by atoms with van der Waals surface area (Å²) in [5.41, 5.74) is 0. The molecule has 0 heterocycles. The molecule has 0 aromatic heterocycles. The fourth-order valence-corrected chi connectivity index (χ4v) is 2.10. The van der Waals surface area contributed by atoms with E-state index in [4.69, 9.17) is 9.47 Å². The molecule has 0 aromatic carbocycles. The van der Waals surface area contributed by atoms with Crippen molar-refractivity contribution in [3.63, 3.8) is 0 Å². The van der Waals surface area contributed by atoms with Crippen LogP contribution in [0.25, 0.3) is 0 Å². The number of unbranched alkanes of at least 4 members (excludes halogenated alkanes) is 5. The Labute approximate surface area is 127 Å². The summed E-state index contributed by atoms with van der Waals surface area (Å²) in [7, 11) is 0. The zero-order valence-electron chi connectivity index (χ0n) is 14.8. The fourth-order valence-electron chi connectivity index (χ4n) is 2.10. The van der Waals surface area contributed by atoms with Gasteiger partial charge in [-0.15, -0.1) is 0 Å². The van der Waals surface area contributed by atoms with Gasteiger partial charge >= 0.3 is 0 Å². The van der Waals surface area contributed by atoms with E-state index in [2.05, 4.69) is 41.5 Å². The predicted molar refractivity (Wildman–Crippen MR) is 88.0 cm³/mol. The highest BCUT2D eigenvalue weighted by molar-refractivity contribution is 4.65. The minimum absolute atomic E-state index is 0.390. The fraction of sp³-hybridized carbons (Fsp3) is 1.00. The average molecular weight is 286 g/mol. The van der Waals surface area contributed by atoms with E-state index in [0.717, 1.165) is 19.6 Å². The van der Waals surface area contributed by atoms with Crippen LogP contribution in [-0.2, 0) is 9.47 Å². The maximum absolute atomic E-state index is 6.05. The zero-order chi connectivity index (χ0) is 15.4. The Hall–Kier alpha value is -0.0800. The van der Waals surface area contributed by atoms with Gasteiger partial charge in [-0.1, -0.05) is 66.7 Å². The van der Waals surface area contributed by atoms with Gasteiger partial charge in [0.25, 0.3) is 0 Å². The van der Waals surface area contributed by atoms with Crippen molar-refractivity contribution >= 4 is 0 Å². The van der Waals surface area contributed by atoms with E-state index in [9.17, 15) is 0 Å². The predicted octanol–water partition coefficient (Wildman–Crippen LogP) is 5.80. The zero-order valence-corrected chi connectivity index (χ0v) is 14.8. The molecular weight excluding hydrogens is 248 g/mol. The Bertz CT molecular complexity index is 199. The van der Waals surface area contributed by atoms with Gasteiger partial charge in [0.2, 0.25) is 0 Å². The second-order valence-corrected chi connectivity index (χ2v) is 7.06. The molecule has 0 rings (SSSR count). The third-order valence-electron chi connectivity index (χ3n) is 3.43. The maximum Gasteiger partial charge on any atom is 0.165 e. The molecule has 0 amide bonds. The number of rotatable bonds is 13. The van der Waals surface area contributed by atoms with Gasteiger partial charge in [-0.2, -0.15) is 0 Å². The smallest absolute Gasteiger partial charge is 0.165 e. The van der Waals surface area contributed by atoms with Crippen LogP contribution in [0.4, 0.5) is 0 Å². The number of hydrogen-bond acceptors (Lipinski definition) is 2. The molecule has 0 unspecified atom stereocenters. The van der Waals surface area contributed by atoms with E-state index < -0.39 is 0 Å². The average Bonchev–Trinajstić information content (AvgIpc) is 2.38. The topological polar surface area (TPSA) is 18.5 Å². The highest BCUT2D eigenvalue weighted by Gasteiger charge is 2.26. The van der Waals surface area contributed by atoms with Crippen molar-refractivity contribution in [3.05, 3.63) is 0 Å². The Morgan fingerprint density at radius 3 is 1.65 bits per heavy atom. The molecule has 0 aromatic rings. The molecule has 2 nitrogen and oxygen atoms in total. The third kappa shape index (κ3) is 11.7. The van der Waals surface area contributed by atoms with Crippen LogP contribution in [0.3, 0.4) is 0 Å². The maximum atomic E-state index is 6.05. The van der Waals surface area contributed by atoms with Crippen LogP contribution in [-0.4, -0.2) is 19.0 Å². The van der Waals surface area contributed by atoms with Gasteiger partial charge in [0, 0.05) is 6.42 Å². The van der Waals surface area contributed by atoms with E-state index in [1.165, 1.54) is 38.5 Å². The van der Waals surface area contributed by atoms with Crippen molar-refractivity contribution in [2.24, 2.45) is 11.8 Å². The van der Waals surface area contributed by atoms with E-state index in [1.54, 1.807) is 0 Å². The van der Waals surface area contributed by atoms with Gasteiger partial charge in [-0.3, -0.25) is 0 Å². The van der Waals surface area contributed by atoms with Crippen LogP contribution in [0.5, 0.6) is 0 Å². The summed E-state index contributed by atoms with van der Waals surface area (Å²) in [4.78, 5) is 0. The summed E-state index contributed by atoms with van der Waals surface area (Å²) in [6.45, 7) is 14.7. The summed E-state index contributed by atoms with van der Waals surface area (Å²) < 4.78 is 12.1. The third-order valence-corrected chi connectivity index (χ3v) is 3.43. The Kier molecular flexibility index (Phi) is 11.5. The van der Waals surface area contributed by atoms with E-state index >= 15 is 0 Å². The molecular formula is C18H38O2. The Balaban J connectivity index is 4.02. The van der Waals surface area contributed by atoms with Crippen LogP contribution in [0.1, 0.15) is 86.5 Å². The summed E-state index contributed by atoms with van der Waals surface area (Å²) >= 11 is 0. The highest BCUT2D eigenvalue weighted by Crippen LogP contribution is 2.23. The van der Waals surface area contributed by atoms with Gasteiger partial charge in [-0.05, 0) is 25.2 Å². The lowest BCUT2D eigenvalue weighted by Gasteiger charge is -2.32. The normalized spacial score (nSPS) is 12.6. The monoisotopic (exact) mass is 286 g/mol. The lowest BCUT2D eigenvalue weighted by atomic mass is 10.1. The highest BCUT2D eigenvalue weighted by atomic mass is 16.7. The van der Waals surface area contributed by atoms with Crippen molar-refractivity contribution in [1.29, 1.82) is 0 Å². The first-order chi connectivity index (χ1) is 9.39. The minimum Gasteiger partial charge on any atom is -0.350 e. The van der Waals surface area contributed by atoms with Crippen molar-refractivity contribution in [2.75, 3.05) is 13.2 Å². The first-order valence-electron chi connectivity index (χ1n) is 8.67. The van der Waals surface area contributed by atoms with Crippen LogP contribution in [0.2, 0.25) is 0 Å². The SMILES string of the molecule is CCCCCCCCC(C)(OCC(C)C)OCC(C)C. The molecule has 0 spiro atoms. The molecule has 0 atom stereocenters. The molecule has 122 valence electrons. The Morgan fingerprint density at radius 1 is 0.750 bits per heavy atom. The molecule has 0 aliphatic rings. The van der Waals surface area contributed by atoms with E-state index in [0.29, 0.717) is 11.8 Å². The molecule has 0 radical (unpaired) electrons. The molecule has 20 heavy (non-hydrogen) atoms. The second-order valence-electron chi connectivity index (χ2n) is 7.06. The second kappa shape index (κ2) is 11.6. The summed E-state index contributed by atoms with van der Waals surface area (Å²) in [5, 5.41) is 0. The van der Waals surface area contributed by atoms with Crippen molar-refractivity contribution in [1.82, 2.24) is 0 Å². The van der Waals surface area contributed by atoms with Crippen LogP contribution in [0, 0.1) is 11.8 Å². The molecule has 2 heteroatoms. The molecule has 0 saturated heterocycles. The largest absolute Gasteiger partial charge is 0.350 e. The number of ether oxygens (including phenoxy) is 2. The summed E-state index contributed by atoms with van der Waals surface area (Å²) in [5.74, 6) is 0.724. The van der Waals surface area contributed by atoms with Gasteiger partial charge in [-0.25, -0.2) is 0 Å².